The summed E-state index contributed by atoms with van der Waals surface area (Å²) in [6, 6.07) is 7.49. The molecule has 1 aliphatic rings. The van der Waals surface area contributed by atoms with Gasteiger partial charge in [-0.25, -0.2) is 0 Å². The first-order valence-electron chi connectivity index (χ1n) is 6.04. The highest BCUT2D eigenvalue weighted by Gasteiger charge is 2.19. The fourth-order valence-corrected chi connectivity index (χ4v) is 1.68. The SMILES string of the molecule is CCOc1ccc(NC(=O)C2=NCC(C)N2)cc1. The largest absolute Gasteiger partial charge is 0.494 e. The average molecular weight is 247 g/mol. The second-order valence-corrected chi connectivity index (χ2v) is 4.15. The van der Waals surface area contributed by atoms with Crippen molar-refractivity contribution in [3.63, 3.8) is 0 Å². The van der Waals surface area contributed by atoms with Crippen LogP contribution in [0.2, 0.25) is 0 Å². The van der Waals surface area contributed by atoms with Crippen LogP contribution in [-0.2, 0) is 4.79 Å². The van der Waals surface area contributed by atoms with Gasteiger partial charge in [-0.15, -0.1) is 0 Å². The molecule has 1 aromatic rings. The summed E-state index contributed by atoms with van der Waals surface area (Å²) in [4.78, 5) is 16.0. The van der Waals surface area contributed by atoms with Crippen LogP contribution in [0.4, 0.5) is 5.69 Å². The highest BCUT2D eigenvalue weighted by atomic mass is 16.5. The Balaban J connectivity index is 1.95. The molecule has 18 heavy (non-hydrogen) atoms. The van der Waals surface area contributed by atoms with Crippen molar-refractivity contribution < 1.29 is 9.53 Å². The van der Waals surface area contributed by atoms with Gasteiger partial charge in [-0.2, -0.15) is 0 Å². The molecule has 5 nitrogen and oxygen atoms in total. The molecular formula is C13H17N3O2. The normalized spacial score (nSPS) is 17.9. The fourth-order valence-electron chi connectivity index (χ4n) is 1.68. The Morgan fingerprint density at radius 3 is 2.78 bits per heavy atom. The number of amides is 1. The Kier molecular flexibility index (Phi) is 3.82. The Bertz CT molecular complexity index is 454. The van der Waals surface area contributed by atoms with Gasteiger partial charge in [0.15, 0.2) is 5.84 Å². The fraction of sp³-hybridized carbons (Fsp3) is 0.385. The van der Waals surface area contributed by atoms with E-state index in [1.165, 1.54) is 0 Å². The lowest BCUT2D eigenvalue weighted by Gasteiger charge is -2.08. The number of carbonyl (C=O) groups is 1. The molecule has 1 amide bonds. The number of carbonyl (C=O) groups excluding carboxylic acids is 1. The smallest absolute Gasteiger partial charge is 0.290 e. The van der Waals surface area contributed by atoms with E-state index in [-0.39, 0.29) is 11.9 Å². The van der Waals surface area contributed by atoms with Crippen molar-refractivity contribution in [3.8, 4) is 5.75 Å². The molecule has 1 atom stereocenters. The summed E-state index contributed by atoms with van der Waals surface area (Å²) in [5, 5.41) is 5.80. The minimum absolute atomic E-state index is 0.205. The maximum Gasteiger partial charge on any atom is 0.290 e. The van der Waals surface area contributed by atoms with Gasteiger partial charge in [-0.05, 0) is 38.1 Å². The monoisotopic (exact) mass is 247 g/mol. The molecule has 0 aromatic heterocycles. The van der Waals surface area contributed by atoms with E-state index in [4.69, 9.17) is 4.74 Å². The number of nitrogens with one attached hydrogen (secondary N) is 2. The van der Waals surface area contributed by atoms with E-state index < -0.39 is 0 Å². The third-order valence-electron chi connectivity index (χ3n) is 2.54. The summed E-state index contributed by atoms with van der Waals surface area (Å²) >= 11 is 0. The molecule has 1 heterocycles. The van der Waals surface area contributed by atoms with Gasteiger partial charge in [0.05, 0.1) is 13.2 Å². The molecule has 1 aromatic carbocycles. The number of rotatable bonds is 4. The molecule has 1 unspecified atom stereocenters. The molecule has 0 bridgehead atoms. The predicted molar refractivity (Wildman–Crippen MR) is 71.1 cm³/mol. The van der Waals surface area contributed by atoms with Gasteiger partial charge in [-0.1, -0.05) is 0 Å². The highest BCUT2D eigenvalue weighted by Crippen LogP contribution is 2.15. The third kappa shape index (κ3) is 3.00. The summed E-state index contributed by atoms with van der Waals surface area (Å²) in [7, 11) is 0. The molecule has 0 aliphatic carbocycles. The van der Waals surface area contributed by atoms with Crippen molar-refractivity contribution in [2.24, 2.45) is 4.99 Å². The van der Waals surface area contributed by atoms with Gasteiger partial charge in [-0.3, -0.25) is 9.79 Å². The van der Waals surface area contributed by atoms with Crippen LogP contribution in [0.15, 0.2) is 29.3 Å². The van der Waals surface area contributed by atoms with E-state index in [9.17, 15) is 4.79 Å². The average Bonchev–Trinajstić information content (AvgIpc) is 2.79. The molecule has 0 spiro atoms. The molecule has 0 radical (unpaired) electrons. The van der Waals surface area contributed by atoms with Crippen LogP contribution in [0.5, 0.6) is 5.75 Å². The number of amidine groups is 1. The second kappa shape index (κ2) is 5.53. The summed E-state index contributed by atoms with van der Waals surface area (Å²) in [6.07, 6.45) is 0. The zero-order valence-corrected chi connectivity index (χ0v) is 10.6. The number of hydrogen-bond acceptors (Lipinski definition) is 4. The van der Waals surface area contributed by atoms with E-state index in [1.807, 2.05) is 38.1 Å². The maximum atomic E-state index is 11.8. The predicted octanol–water partition coefficient (Wildman–Crippen LogP) is 1.41. The lowest BCUT2D eigenvalue weighted by Crippen LogP contribution is -2.36. The first kappa shape index (κ1) is 12.4. The standard InChI is InChI=1S/C13H17N3O2/c1-3-18-11-6-4-10(5-7-11)16-13(17)12-14-8-9(2)15-12/h4-7,9H,3,8H2,1-2H3,(H,14,15)(H,16,17). The number of hydrogen-bond donors (Lipinski definition) is 2. The molecule has 5 heteroatoms. The lowest BCUT2D eigenvalue weighted by molar-refractivity contribution is -0.110. The van der Waals surface area contributed by atoms with Gasteiger partial charge in [0.25, 0.3) is 5.91 Å². The molecule has 0 saturated carbocycles. The lowest BCUT2D eigenvalue weighted by atomic mass is 10.3. The Labute approximate surface area is 106 Å². The Morgan fingerprint density at radius 2 is 2.22 bits per heavy atom. The molecule has 0 saturated heterocycles. The van der Waals surface area contributed by atoms with Crippen molar-refractivity contribution in [2.75, 3.05) is 18.5 Å². The van der Waals surface area contributed by atoms with Crippen molar-refractivity contribution in [3.05, 3.63) is 24.3 Å². The van der Waals surface area contributed by atoms with E-state index in [0.29, 0.717) is 19.0 Å². The number of anilines is 1. The van der Waals surface area contributed by atoms with Crippen molar-refractivity contribution in [1.82, 2.24) is 5.32 Å². The third-order valence-corrected chi connectivity index (χ3v) is 2.54. The zero-order valence-electron chi connectivity index (χ0n) is 10.6. The summed E-state index contributed by atoms with van der Waals surface area (Å²) < 4.78 is 5.33. The molecule has 2 N–H and O–H groups in total. The van der Waals surface area contributed by atoms with Gasteiger partial charge in [0.1, 0.15) is 5.75 Å². The van der Waals surface area contributed by atoms with Crippen LogP contribution in [0.1, 0.15) is 13.8 Å². The van der Waals surface area contributed by atoms with E-state index in [2.05, 4.69) is 15.6 Å². The molecule has 2 rings (SSSR count). The second-order valence-electron chi connectivity index (χ2n) is 4.15. The summed E-state index contributed by atoms with van der Waals surface area (Å²) in [6.45, 7) is 5.19. The van der Waals surface area contributed by atoms with Gasteiger partial charge >= 0.3 is 0 Å². The minimum Gasteiger partial charge on any atom is -0.494 e. The minimum atomic E-state index is -0.205. The Morgan fingerprint density at radius 1 is 1.50 bits per heavy atom. The van der Waals surface area contributed by atoms with Crippen molar-refractivity contribution in [1.29, 1.82) is 0 Å². The molecule has 0 fully saturated rings. The quantitative estimate of drug-likeness (QED) is 0.845. The number of nitrogens with zero attached hydrogens (tertiary/aromatic N) is 1. The molecular weight excluding hydrogens is 230 g/mol. The number of ether oxygens (including phenoxy) is 1. The first-order chi connectivity index (χ1) is 8.69. The van der Waals surface area contributed by atoms with Crippen LogP contribution in [-0.4, -0.2) is 30.9 Å². The van der Waals surface area contributed by atoms with Crippen molar-refractivity contribution >= 4 is 17.4 Å². The summed E-state index contributed by atoms with van der Waals surface area (Å²) in [5.74, 6) is 0.986. The number of aliphatic imine (C=N–C) groups is 1. The van der Waals surface area contributed by atoms with Crippen LogP contribution < -0.4 is 15.4 Å². The summed E-state index contributed by atoms with van der Waals surface area (Å²) in [5.41, 5.74) is 0.729. The number of benzene rings is 1. The van der Waals surface area contributed by atoms with E-state index in [0.717, 1.165) is 11.4 Å². The maximum absolute atomic E-state index is 11.8. The van der Waals surface area contributed by atoms with Crippen LogP contribution in [0, 0.1) is 0 Å². The Hall–Kier alpha value is -2.04. The van der Waals surface area contributed by atoms with Crippen LogP contribution in [0.25, 0.3) is 0 Å². The van der Waals surface area contributed by atoms with Gasteiger partial charge in [0, 0.05) is 11.7 Å². The van der Waals surface area contributed by atoms with Crippen LogP contribution in [0.3, 0.4) is 0 Å². The van der Waals surface area contributed by atoms with Crippen molar-refractivity contribution in [2.45, 2.75) is 19.9 Å². The molecule has 96 valence electrons. The zero-order chi connectivity index (χ0) is 13.0. The topological polar surface area (TPSA) is 62.7 Å². The van der Waals surface area contributed by atoms with Crippen LogP contribution >= 0.6 is 0 Å². The first-order valence-corrected chi connectivity index (χ1v) is 6.04. The van der Waals surface area contributed by atoms with Gasteiger partial charge in [0.2, 0.25) is 0 Å². The van der Waals surface area contributed by atoms with E-state index in [1.54, 1.807) is 0 Å². The van der Waals surface area contributed by atoms with E-state index >= 15 is 0 Å². The highest BCUT2D eigenvalue weighted by molar-refractivity contribution is 6.42. The van der Waals surface area contributed by atoms with Gasteiger partial charge < -0.3 is 15.4 Å². The molecule has 1 aliphatic heterocycles.